The van der Waals surface area contributed by atoms with Crippen LogP contribution in [-0.4, -0.2) is 13.0 Å². The standard InChI is InChI=1S/C8H11I/c1-8-5-3-4-6-9(2)7-8/h3-7H,1-2H3. The molecule has 0 aromatic carbocycles. The Morgan fingerprint density at radius 3 is 2.89 bits per heavy atom. The summed E-state index contributed by atoms with van der Waals surface area (Å²) in [5.74, 6) is 0. The normalized spacial score (nSPS) is 19.6. The molecule has 0 atom stereocenters. The van der Waals surface area contributed by atoms with Crippen LogP contribution in [0.15, 0.2) is 23.8 Å². The molecule has 1 aliphatic heterocycles. The SMILES string of the molecule is CC1=CC=CC=I(C)=C1. The Morgan fingerprint density at radius 1 is 1.33 bits per heavy atom. The van der Waals surface area contributed by atoms with Crippen molar-refractivity contribution in [2.75, 3.05) is 4.93 Å². The topological polar surface area (TPSA) is 0 Å². The van der Waals surface area contributed by atoms with Crippen molar-refractivity contribution >= 4 is 26.9 Å². The molecule has 0 amide bonds. The first-order valence-corrected chi connectivity index (χ1v) is 7.54. The second kappa shape index (κ2) is 3.20. The van der Waals surface area contributed by atoms with Crippen LogP contribution in [0.5, 0.6) is 0 Å². The van der Waals surface area contributed by atoms with Gasteiger partial charge in [-0.1, -0.05) is 18.2 Å². The number of hydrogen-bond donors (Lipinski definition) is 0. The van der Waals surface area contributed by atoms with Crippen LogP contribution in [0.2, 0.25) is 0 Å². The van der Waals surface area contributed by atoms with Crippen LogP contribution >= 0.6 is 18.9 Å². The fourth-order valence-corrected chi connectivity index (χ4v) is 3.57. The molecule has 1 aliphatic rings. The van der Waals surface area contributed by atoms with Crippen molar-refractivity contribution in [1.82, 2.24) is 0 Å². The van der Waals surface area contributed by atoms with Crippen LogP contribution in [0.1, 0.15) is 6.92 Å². The predicted molar refractivity (Wildman–Crippen MR) is 55.0 cm³/mol. The molecule has 0 spiro atoms. The molecule has 50 valence electrons. The lowest BCUT2D eigenvalue weighted by Crippen LogP contribution is -1.69. The summed E-state index contributed by atoms with van der Waals surface area (Å²) in [6.07, 6.45) is 6.45. The van der Waals surface area contributed by atoms with Gasteiger partial charge in [0, 0.05) is 0 Å². The first kappa shape index (κ1) is 7.06. The Labute approximate surface area is 62.6 Å². The predicted octanol–water partition coefficient (Wildman–Crippen LogP) is 2.24. The average Bonchev–Trinajstić information content (AvgIpc) is 1.93. The van der Waals surface area contributed by atoms with Gasteiger partial charge in [-0.3, -0.25) is 0 Å². The third kappa shape index (κ3) is 2.35. The molecule has 9 heavy (non-hydrogen) atoms. The molecule has 1 heteroatoms. The van der Waals surface area contributed by atoms with E-state index in [0.29, 0.717) is 0 Å². The smallest absolute Gasteiger partial charge is 0.0210 e. The summed E-state index contributed by atoms with van der Waals surface area (Å²) in [6, 6.07) is 0. The van der Waals surface area contributed by atoms with E-state index in [9.17, 15) is 0 Å². The van der Waals surface area contributed by atoms with Crippen molar-refractivity contribution in [3.63, 3.8) is 0 Å². The Morgan fingerprint density at radius 2 is 2.11 bits per heavy atom. The van der Waals surface area contributed by atoms with Crippen molar-refractivity contribution < 1.29 is 0 Å². The van der Waals surface area contributed by atoms with Gasteiger partial charge in [0.15, 0.2) is 0 Å². The molecule has 0 nitrogen and oxygen atoms in total. The average molecular weight is 234 g/mol. The Kier molecular flexibility index (Phi) is 2.51. The second-order valence-corrected chi connectivity index (χ2v) is 6.65. The summed E-state index contributed by atoms with van der Waals surface area (Å²) in [4.78, 5) is 2.34. The van der Waals surface area contributed by atoms with E-state index in [1.807, 2.05) is 0 Å². The minimum absolute atomic E-state index is 0.756. The molecular weight excluding hydrogens is 223 g/mol. The highest BCUT2D eigenvalue weighted by Gasteiger charge is 1.80. The van der Waals surface area contributed by atoms with E-state index in [2.05, 4.69) is 38.1 Å². The highest BCUT2D eigenvalue weighted by Crippen LogP contribution is 2.07. The first-order valence-electron chi connectivity index (χ1n) is 2.89. The van der Waals surface area contributed by atoms with Gasteiger partial charge < -0.3 is 0 Å². The Hall–Kier alpha value is -0.0500. The first-order chi connectivity index (χ1) is 4.29. The van der Waals surface area contributed by atoms with E-state index in [1.165, 1.54) is 5.57 Å². The molecule has 0 fully saturated rings. The minimum atomic E-state index is -0.756. The molecule has 1 rings (SSSR count). The maximum absolute atomic E-state index is 2.41. The van der Waals surface area contributed by atoms with Crippen LogP contribution in [0, 0.1) is 0 Å². The van der Waals surface area contributed by atoms with Crippen molar-refractivity contribution in [2.45, 2.75) is 6.92 Å². The summed E-state index contributed by atoms with van der Waals surface area (Å²) in [7, 11) is 0. The third-order valence-corrected chi connectivity index (χ3v) is 4.60. The second-order valence-electron chi connectivity index (χ2n) is 2.09. The zero-order valence-corrected chi connectivity index (χ0v) is 7.92. The molecule has 0 saturated heterocycles. The summed E-state index contributed by atoms with van der Waals surface area (Å²) in [5, 5.41) is 0. The number of hydrogen-bond acceptors (Lipinski definition) is 0. The lowest BCUT2D eigenvalue weighted by Gasteiger charge is -1.84. The van der Waals surface area contributed by atoms with E-state index in [0.717, 1.165) is 0 Å². The molecule has 0 saturated carbocycles. The van der Waals surface area contributed by atoms with Crippen molar-refractivity contribution in [3.8, 4) is 0 Å². The van der Waals surface area contributed by atoms with Crippen molar-refractivity contribution in [3.05, 3.63) is 23.8 Å². The van der Waals surface area contributed by atoms with Crippen LogP contribution in [0.4, 0.5) is 0 Å². The highest BCUT2D eigenvalue weighted by atomic mass is 127. The minimum Gasteiger partial charge on any atom is -0.153 e. The maximum Gasteiger partial charge on any atom is -0.0210 e. The molecular formula is C8H11I. The van der Waals surface area contributed by atoms with Gasteiger partial charge in [-0.05, 0) is 25.5 Å². The van der Waals surface area contributed by atoms with Crippen LogP contribution in [-0.2, 0) is 0 Å². The molecule has 0 aromatic rings. The zero-order valence-electron chi connectivity index (χ0n) is 5.76. The molecule has 1 heterocycles. The summed E-state index contributed by atoms with van der Waals surface area (Å²) < 4.78 is 4.75. The fourth-order valence-electron chi connectivity index (χ4n) is 0.708. The zero-order chi connectivity index (χ0) is 6.69. The van der Waals surface area contributed by atoms with E-state index >= 15 is 0 Å². The Bertz CT molecular complexity index is 235. The van der Waals surface area contributed by atoms with Gasteiger partial charge in [-0.2, -0.15) is 18.9 Å². The van der Waals surface area contributed by atoms with Gasteiger partial charge in [0.05, 0.1) is 0 Å². The molecule has 0 aromatic heterocycles. The van der Waals surface area contributed by atoms with Gasteiger partial charge in [-0.25, -0.2) is 0 Å². The highest BCUT2D eigenvalue weighted by molar-refractivity contribution is 14.2. The van der Waals surface area contributed by atoms with Gasteiger partial charge in [0.1, 0.15) is 0 Å². The number of alkyl halides is 1. The third-order valence-electron chi connectivity index (χ3n) is 1.09. The molecule has 0 unspecified atom stereocenters. The van der Waals surface area contributed by atoms with E-state index in [1.54, 1.807) is 0 Å². The summed E-state index contributed by atoms with van der Waals surface area (Å²) >= 11 is -0.756. The lowest BCUT2D eigenvalue weighted by atomic mass is 10.3. The number of allylic oxidation sites excluding steroid dienone is 4. The molecule has 0 radical (unpaired) electrons. The number of halogens is 1. The van der Waals surface area contributed by atoms with E-state index < -0.39 is 18.9 Å². The van der Waals surface area contributed by atoms with Gasteiger partial charge in [-0.15, -0.1) is 0 Å². The van der Waals surface area contributed by atoms with Crippen LogP contribution in [0.25, 0.3) is 0 Å². The molecule has 0 bridgehead atoms. The number of rotatable bonds is 0. The van der Waals surface area contributed by atoms with Crippen molar-refractivity contribution in [1.29, 1.82) is 0 Å². The summed E-state index contributed by atoms with van der Waals surface area (Å²) in [5.41, 5.74) is 1.42. The van der Waals surface area contributed by atoms with Crippen molar-refractivity contribution in [2.24, 2.45) is 0 Å². The molecule has 0 aliphatic carbocycles. The van der Waals surface area contributed by atoms with E-state index in [-0.39, 0.29) is 0 Å². The van der Waals surface area contributed by atoms with Crippen LogP contribution in [0.3, 0.4) is 0 Å². The monoisotopic (exact) mass is 234 g/mol. The largest absolute Gasteiger partial charge is 0.153 e. The molecule has 0 N–H and O–H groups in total. The quantitative estimate of drug-likeness (QED) is 0.445. The maximum atomic E-state index is 2.41. The lowest BCUT2D eigenvalue weighted by molar-refractivity contribution is 1.64. The van der Waals surface area contributed by atoms with Gasteiger partial charge in [0.2, 0.25) is 0 Å². The van der Waals surface area contributed by atoms with Gasteiger partial charge in [0.25, 0.3) is 0 Å². The summed E-state index contributed by atoms with van der Waals surface area (Å²) in [6.45, 7) is 2.16. The van der Waals surface area contributed by atoms with E-state index in [4.69, 9.17) is 0 Å². The van der Waals surface area contributed by atoms with Gasteiger partial charge >= 0.3 is 0 Å². The Balaban J connectivity index is 3.06. The fraction of sp³-hybridized carbons (Fsp3) is 0.250. The van der Waals surface area contributed by atoms with Crippen LogP contribution < -0.4 is 0 Å².